The largest absolute Gasteiger partial charge is 0.366 e. The molecule has 1 spiro atoms. The molecule has 3 heterocycles. The molecule has 2 aliphatic heterocycles. The van der Waals surface area contributed by atoms with Crippen LogP contribution in [0.15, 0.2) is 18.5 Å². The first-order chi connectivity index (χ1) is 10.5. The molecule has 1 aromatic heterocycles. The average Bonchev–Trinajstić information content (AvgIpc) is 2.65. The Morgan fingerprint density at radius 2 is 2.05 bits per heavy atom. The smallest absolute Gasteiger partial charge is 0.222 e. The predicted octanol–water partition coefficient (Wildman–Crippen LogP) is 1.35. The molecule has 0 radical (unpaired) electrons. The van der Waals surface area contributed by atoms with Gasteiger partial charge in [-0.2, -0.15) is 0 Å². The molecule has 3 rings (SSSR count). The molecule has 5 nitrogen and oxygen atoms in total. The fourth-order valence-electron chi connectivity index (χ4n) is 3.59. The van der Waals surface area contributed by atoms with Crippen molar-refractivity contribution in [1.82, 2.24) is 14.8 Å². The summed E-state index contributed by atoms with van der Waals surface area (Å²) in [6.45, 7) is 3.18. The van der Waals surface area contributed by atoms with Crippen LogP contribution in [0.25, 0.3) is 0 Å². The number of likely N-dealkylation sites (tertiary alicyclic amines) is 1. The Labute approximate surface area is 130 Å². The maximum Gasteiger partial charge on any atom is 0.222 e. The molecule has 0 aliphatic carbocycles. The number of carbonyl (C=O) groups is 1. The van der Waals surface area contributed by atoms with E-state index in [2.05, 4.69) is 21.8 Å². The molecule has 6 heteroatoms. The number of pyridine rings is 1. The zero-order valence-electron chi connectivity index (χ0n) is 13.3. The van der Waals surface area contributed by atoms with Crippen LogP contribution < -0.4 is 4.90 Å². The lowest BCUT2D eigenvalue weighted by atomic mass is 9.86. The van der Waals surface area contributed by atoms with Gasteiger partial charge in [-0.15, -0.1) is 0 Å². The van der Waals surface area contributed by atoms with Gasteiger partial charge in [0.15, 0.2) is 5.82 Å². The van der Waals surface area contributed by atoms with E-state index in [1.165, 1.54) is 6.20 Å². The molecule has 0 bridgehead atoms. The summed E-state index contributed by atoms with van der Waals surface area (Å²) >= 11 is 0. The number of piperazine rings is 1. The van der Waals surface area contributed by atoms with Gasteiger partial charge < -0.3 is 9.80 Å². The zero-order valence-corrected chi connectivity index (χ0v) is 13.3. The first-order valence-electron chi connectivity index (χ1n) is 7.81. The number of hydrogen-bond donors (Lipinski definition) is 0. The van der Waals surface area contributed by atoms with E-state index in [-0.39, 0.29) is 17.3 Å². The second-order valence-electron chi connectivity index (χ2n) is 6.46. The molecule has 2 fully saturated rings. The first-order valence-corrected chi connectivity index (χ1v) is 7.81. The van der Waals surface area contributed by atoms with Gasteiger partial charge in [0.25, 0.3) is 0 Å². The maximum atomic E-state index is 14.1. The first kappa shape index (κ1) is 15.2. The van der Waals surface area contributed by atoms with Crippen LogP contribution in [-0.4, -0.2) is 66.5 Å². The number of amides is 1. The van der Waals surface area contributed by atoms with E-state index >= 15 is 0 Å². The van der Waals surface area contributed by atoms with Crippen LogP contribution in [0.1, 0.15) is 19.3 Å². The lowest BCUT2D eigenvalue weighted by molar-refractivity contribution is -0.129. The highest BCUT2D eigenvalue weighted by Crippen LogP contribution is 2.34. The van der Waals surface area contributed by atoms with Gasteiger partial charge in [-0.25, -0.2) is 4.39 Å². The van der Waals surface area contributed by atoms with Crippen LogP contribution in [0, 0.1) is 5.82 Å². The highest BCUT2D eigenvalue weighted by molar-refractivity contribution is 5.76. The molecule has 0 aromatic carbocycles. The zero-order chi connectivity index (χ0) is 15.7. The summed E-state index contributed by atoms with van der Waals surface area (Å²) in [6.07, 6.45) is 5.22. The van der Waals surface area contributed by atoms with Crippen molar-refractivity contribution in [2.75, 3.05) is 45.2 Å². The van der Waals surface area contributed by atoms with E-state index in [0.717, 1.165) is 39.0 Å². The maximum absolute atomic E-state index is 14.1. The van der Waals surface area contributed by atoms with Crippen LogP contribution in [0.5, 0.6) is 0 Å². The standard InChI is InChI=1S/C16H23FN4O/c1-19-8-6-16(5-3-15(19)22)12-21(10-9-20(16)2)14-4-7-18-11-13(14)17/h4,7,11H,3,5-6,8-10,12H2,1-2H3. The second-order valence-corrected chi connectivity index (χ2v) is 6.46. The number of aromatic nitrogens is 1. The summed E-state index contributed by atoms with van der Waals surface area (Å²) in [4.78, 5) is 22.1. The Hall–Kier alpha value is -1.69. The molecule has 1 aromatic rings. The lowest BCUT2D eigenvalue weighted by Crippen LogP contribution is -2.61. The Bertz CT molecular complexity index is 567. The molecule has 2 saturated heterocycles. The van der Waals surface area contributed by atoms with Gasteiger partial charge in [-0.1, -0.05) is 0 Å². The van der Waals surface area contributed by atoms with Crippen molar-refractivity contribution in [3.8, 4) is 0 Å². The minimum Gasteiger partial charge on any atom is -0.366 e. The highest BCUT2D eigenvalue weighted by atomic mass is 19.1. The topological polar surface area (TPSA) is 39.7 Å². The van der Waals surface area contributed by atoms with E-state index in [9.17, 15) is 9.18 Å². The van der Waals surface area contributed by atoms with Crippen molar-refractivity contribution in [3.63, 3.8) is 0 Å². The number of likely N-dealkylation sites (N-methyl/N-ethyl adjacent to an activating group) is 1. The van der Waals surface area contributed by atoms with Crippen molar-refractivity contribution in [2.24, 2.45) is 0 Å². The quantitative estimate of drug-likeness (QED) is 0.785. The molecule has 1 unspecified atom stereocenters. The van der Waals surface area contributed by atoms with Gasteiger partial charge in [0.2, 0.25) is 5.91 Å². The molecule has 1 amide bonds. The number of carbonyl (C=O) groups excluding carboxylic acids is 1. The highest BCUT2D eigenvalue weighted by Gasteiger charge is 2.42. The lowest BCUT2D eigenvalue weighted by Gasteiger charge is -2.50. The number of anilines is 1. The van der Waals surface area contributed by atoms with Crippen LogP contribution in [0.2, 0.25) is 0 Å². The predicted molar refractivity (Wildman–Crippen MR) is 83.3 cm³/mol. The minimum atomic E-state index is -0.274. The van der Waals surface area contributed by atoms with E-state index in [4.69, 9.17) is 0 Å². The Kier molecular flexibility index (Phi) is 4.04. The van der Waals surface area contributed by atoms with Crippen molar-refractivity contribution in [2.45, 2.75) is 24.8 Å². The van der Waals surface area contributed by atoms with Crippen molar-refractivity contribution in [1.29, 1.82) is 0 Å². The van der Waals surface area contributed by atoms with Crippen LogP contribution in [0.3, 0.4) is 0 Å². The minimum absolute atomic E-state index is 0.0611. The van der Waals surface area contributed by atoms with Crippen LogP contribution in [-0.2, 0) is 4.79 Å². The van der Waals surface area contributed by atoms with E-state index in [1.807, 2.05) is 11.9 Å². The fourth-order valence-corrected chi connectivity index (χ4v) is 3.59. The number of nitrogens with zero attached hydrogens (tertiary/aromatic N) is 4. The summed E-state index contributed by atoms with van der Waals surface area (Å²) < 4.78 is 14.1. The van der Waals surface area contributed by atoms with Crippen LogP contribution in [0.4, 0.5) is 10.1 Å². The van der Waals surface area contributed by atoms with Crippen molar-refractivity contribution >= 4 is 11.6 Å². The summed E-state index contributed by atoms with van der Waals surface area (Å²) in [7, 11) is 3.99. The summed E-state index contributed by atoms with van der Waals surface area (Å²) in [5, 5.41) is 0. The Morgan fingerprint density at radius 3 is 2.82 bits per heavy atom. The van der Waals surface area contributed by atoms with Crippen molar-refractivity contribution in [3.05, 3.63) is 24.3 Å². The van der Waals surface area contributed by atoms with Crippen molar-refractivity contribution < 1.29 is 9.18 Å². The number of halogens is 1. The SMILES string of the molecule is CN1CCC2(CCC1=O)CN(c1ccncc1F)CCN2C. The fraction of sp³-hybridized carbons (Fsp3) is 0.625. The van der Waals surface area contributed by atoms with Gasteiger partial charge in [-0.3, -0.25) is 14.7 Å². The monoisotopic (exact) mass is 306 g/mol. The van der Waals surface area contributed by atoms with Gasteiger partial charge in [-0.05, 0) is 26.0 Å². The molecular weight excluding hydrogens is 283 g/mol. The normalized spacial score (nSPS) is 27.3. The second kappa shape index (κ2) is 5.83. The van der Waals surface area contributed by atoms with Gasteiger partial charge in [0, 0.05) is 51.4 Å². The third kappa shape index (κ3) is 2.67. The molecular formula is C16H23FN4O. The average molecular weight is 306 g/mol. The van der Waals surface area contributed by atoms with E-state index in [1.54, 1.807) is 12.3 Å². The van der Waals surface area contributed by atoms with Gasteiger partial charge in [0.05, 0.1) is 11.9 Å². The molecule has 120 valence electrons. The molecule has 0 saturated carbocycles. The Balaban J connectivity index is 1.85. The number of hydrogen-bond acceptors (Lipinski definition) is 4. The van der Waals surface area contributed by atoms with E-state index in [0.29, 0.717) is 12.1 Å². The molecule has 0 N–H and O–H groups in total. The summed E-state index contributed by atoms with van der Waals surface area (Å²) in [5.74, 6) is -0.0680. The third-order valence-electron chi connectivity index (χ3n) is 5.23. The van der Waals surface area contributed by atoms with Gasteiger partial charge in [0.1, 0.15) is 0 Å². The summed E-state index contributed by atoms with van der Waals surface area (Å²) in [6, 6.07) is 1.74. The number of rotatable bonds is 1. The van der Waals surface area contributed by atoms with E-state index < -0.39 is 0 Å². The molecule has 22 heavy (non-hydrogen) atoms. The van der Waals surface area contributed by atoms with Gasteiger partial charge >= 0.3 is 0 Å². The molecule has 1 atom stereocenters. The summed E-state index contributed by atoms with van der Waals surface area (Å²) in [5.41, 5.74) is 0.556. The Morgan fingerprint density at radius 1 is 1.23 bits per heavy atom. The third-order valence-corrected chi connectivity index (χ3v) is 5.23. The van der Waals surface area contributed by atoms with Crippen LogP contribution >= 0.6 is 0 Å². The molecule has 2 aliphatic rings.